The standard InChI is InChI=1S/C21H23BrN4S/c1-15(2)24-21-26(20(14-27-21)17-7-9-18(22)10-8-17)23-13-16-5-11-19(12-6-16)25(3)4/h5-15H,1-4H3. The van der Waals surface area contributed by atoms with E-state index in [1.165, 1.54) is 5.69 Å². The van der Waals surface area contributed by atoms with E-state index in [-0.39, 0.29) is 6.04 Å². The summed E-state index contributed by atoms with van der Waals surface area (Å²) in [6, 6.07) is 16.8. The molecule has 6 heteroatoms. The minimum Gasteiger partial charge on any atom is -0.378 e. The summed E-state index contributed by atoms with van der Waals surface area (Å²) in [5.41, 5.74) is 4.37. The summed E-state index contributed by atoms with van der Waals surface area (Å²) in [6.45, 7) is 4.15. The Balaban J connectivity index is 2.01. The van der Waals surface area contributed by atoms with Crippen molar-refractivity contribution >= 4 is 39.2 Å². The molecule has 0 unspecified atom stereocenters. The van der Waals surface area contributed by atoms with Gasteiger partial charge < -0.3 is 4.90 Å². The number of halogens is 1. The van der Waals surface area contributed by atoms with E-state index in [4.69, 9.17) is 10.1 Å². The topological polar surface area (TPSA) is 32.9 Å². The van der Waals surface area contributed by atoms with Crippen LogP contribution in [-0.2, 0) is 0 Å². The van der Waals surface area contributed by atoms with Crippen LogP contribution in [0.15, 0.2) is 68.5 Å². The first kappa shape index (κ1) is 19.6. The maximum absolute atomic E-state index is 4.75. The molecule has 3 rings (SSSR count). The summed E-state index contributed by atoms with van der Waals surface area (Å²) in [5.74, 6) is 0. The third-order valence-corrected chi connectivity index (χ3v) is 5.28. The molecule has 2 aromatic carbocycles. The van der Waals surface area contributed by atoms with Gasteiger partial charge in [-0.25, -0.2) is 4.68 Å². The monoisotopic (exact) mass is 442 g/mol. The average molecular weight is 443 g/mol. The number of hydrogen-bond donors (Lipinski definition) is 0. The van der Waals surface area contributed by atoms with E-state index in [2.05, 4.69) is 76.5 Å². The van der Waals surface area contributed by atoms with Gasteiger partial charge in [0.1, 0.15) is 0 Å². The van der Waals surface area contributed by atoms with Crippen molar-refractivity contribution in [3.63, 3.8) is 0 Å². The first-order chi connectivity index (χ1) is 12.9. The molecule has 0 saturated carbocycles. The molecule has 0 aliphatic rings. The van der Waals surface area contributed by atoms with Gasteiger partial charge in [-0.2, -0.15) is 5.10 Å². The highest BCUT2D eigenvalue weighted by atomic mass is 79.9. The SMILES string of the molecule is CC(C)N=c1scc(-c2ccc(Br)cc2)n1N=Cc1ccc(N(C)C)cc1. The summed E-state index contributed by atoms with van der Waals surface area (Å²) in [4.78, 5) is 7.70. The fourth-order valence-corrected chi connectivity index (χ4v) is 3.76. The number of rotatable bonds is 5. The predicted octanol–water partition coefficient (Wildman–Crippen LogP) is 5.24. The minimum absolute atomic E-state index is 0.210. The van der Waals surface area contributed by atoms with Crippen molar-refractivity contribution in [2.75, 3.05) is 19.0 Å². The lowest BCUT2D eigenvalue weighted by Crippen LogP contribution is -2.14. The second-order valence-corrected chi connectivity index (χ2v) is 8.43. The largest absolute Gasteiger partial charge is 0.378 e. The Morgan fingerprint density at radius 2 is 1.70 bits per heavy atom. The molecule has 0 aliphatic heterocycles. The number of hydrogen-bond acceptors (Lipinski definition) is 4. The summed E-state index contributed by atoms with van der Waals surface area (Å²) in [5, 5.41) is 6.85. The van der Waals surface area contributed by atoms with Crippen molar-refractivity contribution in [1.29, 1.82) is 0 Å². The molecule has 0 fully saturated rings. The number of nitrogens with zero attached hydrogens (tertiary/aromatic N) is 4. The molecule has 1 aromatic heterocycles. The van der Waals surface area contributed by atoms with E-state index in [9.17, 15) is 0 Å². The third-order valence-electron chi connectivity index (χ3n) is 3.93. The van der Waals surface area contributed by atoms with E-state index < -0.39 is 0 Å². The number of benzene rings is 2. The van der Waals surface area contributed by atoms with Crippen LogP contribution in [0.4, 0.5) is 5.69 Å². The Hall–Kier alpha value is -2.18. The zero-order chi connectivity index (χ0) is 19.4. The second-order valence-electron chi connectivity index (χ2n) is 6.68. The Bertz CT molecular complexity index is 980. The summed E-state index contributed by atoms with van der Waals surface area (Å²) < 4.78 is 2.98. The van der Waals surface area contributed by atoms with E-state index in [1.807, 2.05) is 37.1 Å². The van der Waals surface area contributed by atoms with Crippen LogP contribution in [0.1, 0.15) is 19.4 Å². The van der Waals surface area contributed by atoms with Crippen LogP contribution < -0.4 is 9.70 Å². The zero-order valence-electron chi connectivity index (χ0n) is 15.9. The van der Waals surface area contributed by atoms with Gasteiger partial charge in [-0.15, -0.1) is 11.3 Å². The smallest absolute Gasteiger partial charge is 0.206 e. The Labute approximate surface area is 172 Å². The van der Waals surface area contributed by atoms with Crippen LogP contribution in [0.2, 0.25) is 0 Å². The van der Waals surface area contributed by atoms with Crippen molar-refractivity contribution in [2.24, 2.45) is 10.1 Å². The van der Waals surface area contributed by atoms with Crippen LogP contribution in [0.5, 0.6) is 0 Å². The van der Waals surface area contributed by atoms with Gasteiger partial charge >= 0.3 is 0 Å². The molecule has 1 heterocycles. The van der Waals surface area contributed by atoms with E-state index in [1.54, 1.807) is 11.3 Å². The van der Waals surface area contributed by atoms with E-state index in [0.717, 1.165) is 26.1 Å². The van der Waals surface area contributed by atoms with Gasteiger partial charge in [0.15, 0.2) is 0 Å². The highest BCUT2D eigenvalue weighted by Crippen LogP contribution is 2.22. The third kappa shape index (κ3) is 4.96. The molecule has 0 N–H and O–H groups in total. The quantitative estimate of drug-likeness (QED) is 0.497. The van der Waals surface area contributed by atoms with Gasteiger partial charge in [-0.3, -0.25) is 4.99 Å². The lowest BCUT2D eigenvalue weighted by atomic mass is 10.2. The molecule has 0 spiro atoms. The number of aromatic nitrogens is 1. The van der Waals surface area contributed by atoms with Crippen LogP contribution in [0, 0.1) is 0 Å². The maximum Gasteiger partial charge on any atom is 0.206 e. The Morgan fingerprint density at radius 3 is 2.30 bits per heavy atom. The fourth-order valence-electron chi connectivity index (χ4n) is 2.52. The van der Waals surface area contributed by atoms with Crippen LogP contribution in [-0.4, -0.2) is 31.0 Å². The molecule has 140 valence electrons. The molecule has 3 aromatic rings. The van der Waals surface area contributed by atoms with Gasteiger partial charge in [-0.1, -0.05) is 40.2 Å². The highest BCUT2D eigenvalue weighted by molar-refractivity contribution is 9.10. The first-order valence-electron chi connectivity index (χ1n) is 8.76. The molecule has 0 saturated heterocycles. The second kappa shape index (κ2) is 8.67. The van der Waals surface area contributed by atoms with Crippen molar-refractivity contribution in [3.8, 4) is 11.3 Å². The van der Waals surface area contributed by atoms with Crippen molar-refractivity contribution in [1.82, 2.24) is 4.68 Å². The zero-order valence-corrected chi connectivity index (χ0v) is 18.3. The molecule has 0 radical (unpaired) electrons. The van der Waals surface area contributed by atoms with Crippen molar-refractivity contribution < 1.29 is 0 Å². The van der Waals surface area contributed by atoms with Gasteiger partial charge in [0.2, 0.25) is 4.80 Å². The first-order valence-corrected chi connectivity index (χ1v) is 10.4. The van der Waals surface area contributed by atoms with Gasteiger partial charge in [-0.05, 0) is 43.7 Å². The van der Waals surface area contributed by atoms with Gasteiger partial charge in [0.05, 0.1) is 11.9 Å². The summed E-state index contributed by atoms with van der Waals surface area (Å²) in [7, 11) is 4.07. The molecule has 27 heavy (non-hydrogen) atoms. The molecular formula is C21H23BrN4S. The van der Waals surface area contributed by atoms with Gasteiger partial charge in [0.25, 0.3) is 0 Å². The molecule has 0 atom stereocenters. The Morgan fingerprint density at radius 1 is 1.04 bits per heavy atom. The molecule has 0 bridgehead atoms. The molecular weight excluding hydrogens is 420 g/mol. The van der Waals surface area contributed by atoms with Crippen molar-refractivity contribution in [2.45, 2.75) is 19.9 Å². The lowest BCUT2D eigenvalue weighted by Gasteiger charge is -2.11. The van der Waals surface area contributed by atoms with Gasteiger partial charge in [0, 0.05) is 41.2 Å². The molecule has 0 aliphatic carbocycles. The van der Waals surface area contributed by atoms with Crippen LogP contribution >= 0.6 is 27.3 Å². The summed E-state index contributed by atoms with van der Waals surface area (Å²) >= 11 is 5.11. The maximum atomic E-state index is 4.75. The van der Waals surface area contributed by atoms with E-state index in [0.29, 0.717) is 0 Å². The van der Waals surface area contributed by atoms with Crippen LogP contribution in [0.3, 0.4) is 0 Å². The minimum atomic E-state index is 0.210. The summed E-state index contributed by atoms with van der Waals surface area (Å²) in [6.07, 6.45) is 1.88. The lowest BCUT2D eigenvalue weighted by molar-refractivity contribution is 0.754. The highest BCUT2D eigenvalue weighted by Gasteiger charge is 2.08. The van der Waals surface area contributed by atoms with Crippen molar-refractivity contribution in [3.05, 3.63) is 68.7 Å². The predicted molar refractivity (Wildman–Crippen MR) is 120 cm³/mol. The van der Waals surface area contributed by atoms with Crippen LogP contribution in [0.25, 0.3) is 11.3 Å². The average Bonchev–Trinajstić information content (AvgIpc) is 3.02. The number of thiazole rings is 1. The number of anilines is 1. The van der Waals surface area contributed by atoms with E-state index >= 15 is 0 Å². The normalized spacial score (nSPS) is 12.3. The fraction of sp³-hybridized carbons (Fsp3) is 0.238. The molecule has 4 nitrogen and oxygen atoms in total. The Kier molecular flexibility index (Phi) is 6.29. The molecule has 0 amide bonds.